The standard InChI is InChI=1S/C15H20N2O/c1-11-9-15(13(3)18-11)10-17(4)12(2)14-5-7-16-8-6-14/h5-9,12H,10H2,1-4H3/t12-/m1/s1. The molecule has 0 fully saturated rings. The summed E-state index contributed by atoms with van der Waals surface area (Å²) in [4.78, 5) is 6.37. The van der Waals surface area contributed by atoms with Crippen LogP contribution in [0.3, 0.4) is 0 Å². The van der Waals surface area contributed by atoms with E-state index in [0.29, 0.717) is 6.04 Å². The van der Waals surface area contributed by atoms with Crippen LogP contribution < -0.4 is 0 Å². The molecular formula is C15H20N2O. The fraction of sp³-hybridized carbons (Fsp3) is 0.400. The van der Waals surface area contributed by atoms with Gasteiger partial charge in [-0.15, -0.1) is 0 Å². The second-order valence-electron chi connectivity index (χ2n) is 4.81. The quantitative estimate of drug-likeness (QED) is 0.824. The zero-order valence-electron chi connectivity index (χ0n) is 11.5. The third kappa shape index (κ3) is 2.79. The summed E-state index contributed by atoms with van der Waals surface area (Å²) in [6, 6.07) is 6.61. The highest BCUT2D eigenvalue weighted by molar-refractivity contribution is 5.21. The maximum atomic E-state index is 5.56. The first kappa shape index (κ1) is 12.8. The van der Waals surface area contributed by atoms with E-state index in [9.17, 15) is 0 Å². The highest BCUT2D eigenvalue weighted by atomic mass is 16.3. The molecule has 0 aliphatic heterocycles. The molecule has 3 nitrogen and oxygen atoms in total. The van der Waals surface area contributed by atoms with Gasteiger partial charge in [0, 0.05) is 30.5 Å². The summed E-state index contributed by atoms with van der Waals surface area (Å²) >= 11 is 0. The summed E-state index contributed by atoms with van der Waals surface area (Å²) in [5.41, 5.74) is 2.54. The smallest absolute Gasteiger partial charge is 0.105 e. The van der Waals surface area contributed by atoms with Gasteiger partial charge in [0.2, 0.25) is 0 Å². The van der Waals surface area contributed by atoms with Gasteiger partial charge in [-0.25, -0.2) is 0 Å². The van der Waals surface area contributed by atoms with Gasteiger partial charge in [-0.05, 0) is 51.6 Å². The molecule has 0 aliphatic carbocycles. The molecule has 2 heterocycles. The van der Waals surface area contributed by atoms with E-state index in [1.54, 1.807) is 0 Å². The van der Waals surface area contributed by atoms with Crippen molar-refractivity contribution in [2.75, 3.05) is 7.05 Å². The lowest BCUT2D eigenvalue weighted by Gasteiger charge is -2.24. The van der Waals surface area contributed by atoms with Crippen LogP contribution in [0.1, 0.15) is 35.6 Å². The molecule has 2 aromatic heterocycles. The van der Waals surface area contributed by atoms with Crippen molar-refractivity contribution in [2.45, 2.75) is 33.4 Å². The summed E-state index contributed by atoms with van der Waals surface area (Å²) in [7, 11) is 2.13. The van der Waals surface area contributed by atoms with E-state index in [1.165, 1.54) is 11.1 Å². The number of furan rings is 1. The molecule has 3 heteroatoms. The number of hydrogen-bond donors (Lipinski definition) is 0. The van der Waals surface area contributed by atoms with Crippen LogP contribution in [0.4, 0.5) is 0 Å². The number of aromatic nitrogens is 1. The average Bonchev–Trinajstić information content (AvgIpc) is 2.68. The molecule has 0 N–H and O–H groups in total. The van der Waals surface area contributed by atoms with Gasteiger partial charge in [0.05, 0.1) is 0 Å². The molecule has 0 saturated heterocycles. The highest BCUT2D eigenvalue weighted by Gasteiger charge is 2.14. The predicted molar refractivity (Wildman–Crippen MR) is 72.3 cm³/mol. The molecule has 0 amide bonds. The Hall–Kier alpha value is -1.61. The Morgan fingerprint density at radius 3 is 2.50 bits per heavy atom. The van der Waals surface area contributed by atoms with Crippen LogP contribution in [0.2, 0.25) is 0 Å². The van der Waals surface area contributed by atoms with Gasteiger partial charge in [-0.1, -0.05) is 0 Å². The lowest BCUT2D eigenvalue weighted by molar-refractivity contribution is 0.251. The van der Waals surface area contributed by atoms with E-state index in [-0.39, 0.29) is 0 Å². The Morgan fingerprint density at radius 2 is 1.94 bits per heavy atom. The Balaban J connectivity index is 2.08. The molecule has 96 valence electrons. The first-order valence-corrected chi connectivity index (χ1v) is 6.24. The number of hydrogen-bond acceptors (Lipinski definition) is 3. The van der Waals surface area contributed by atoms with E-state index >= 15 is 0 Å². The van der Waals surface area contributed by atoms with Gasteiger partial charge in [-0.2, -0.15) is 0 Å². The van der Waals surface area contributed by atoms with Crippen molar-refractivity contribution in [3.8, 4) is 0 Å². The third-order valence-electron chi connectivity index (χ3n) is 3.41. The van der Waals surface area contributed by atoms with E-state index < -0.39 is 0 Å². The number of pyridine rings is 1. The maximum absolute atomic E-state index is 5.56. The molecule has 0 aromatic carbocycles. The fourth-order valence-corrected chi connectivity index (χ4v) is 2.14. The second kappa shape index (κ2) is 5.36. The molecule has 2 aromatic rings. The van der Waals surface area contributed by atoms with E-state index in [4.69, 9.17) is 4.42 Å². The van der Waals surface area contributed by atoms with Crippen LogP contribution >= 0.6 is 0 Å². The van der Waals surface area contributed by atoms with Crippen LogP contribution in [0.15, 0.2) is 35.0 Å². The first-order valence-electron chi connectivity index (χ1n) is 6.24. The van der Waals surface area contributed by atoms with Gasteiger partial charge < -0.3 is 4.42 Å². The maximum Gasteiger partial charge on any atom is 0.105 e. The van der Waals surface area contributed by atoms with Crippen LogP contribution in [0.25, 0.3) is 0 Å². The highest BCUT2D eigenvalue weighted by Crippen LogP contribution is 2.22. The normalized spacial score (nSPS) is 12.9. The zero-order chi connectivity index (χ0) is 13.1. The zero-order valence-corrected chi connectivity index (χ0v) is 11.5. The van der Waals surface area contributed by atoms with Gasteiger partial charge in [-0.3, -0.25) is 9.88 Å². The minimum atomic E-state index is 0.364. The fourth-order valence-electron chi connectivity index (χ4n) is 2.14. The van der Waals surface area contributed by atoms with Crippen molar-refractivity contribution in [1.82, 2.24) is 9.88 Å². The summed E-state index contributed by atoms with van der Waals surface area (Å²) in [6.07, 6.45) is 3.68. The lowest BCUT2D eigenvalue weighted by atomic mass is 10.1. The molecule has 18 heavy (non-hydrogen) atoms. The van der Waals surface area contributed by atoms with E-state index in [0.717, 1.165) is 18.1 Å². The summed E-state index contributed by atoms with van der Waals surface area (Å²) in [6.45, 7) is 7.11. The van der Waals surface area contributed by atoms with Crippen molar-refractivity contribution >= 4 is 0 Å². The Kier molecular flexibility index (Phi) is 3.82. The predicted octanol–water partition coefficient (Wildman–Crippen LogP) is 3.48. The Morgan fingerprint density at radius 1 is 1.28 bits per heavy atom. The molecule has 0 radical (unpaired) electrons. The van der Waals surface area contributed by atoms with Crippen LogP contribution in [-0.2, 0) is 6.54 Å². The van der Waals surface area contributed by atoms with E-state index in [1.807, 2.05) is 26.2 Å². The molecular weight excluding hydrogens is 224 g/mol. The number of rotatable bonds is 4. The number of nitrogens with zero attached hydrogens (tertiary/aromatic N) is 2. The van der Waals surface area contributed by atoms with Crippen LogP contribution in [0.5, 0.6) is 0 Å². The van der Waals surface area contributed by atoms with Gasteiger partial charge in [0.25, 0.3) is 0 Å². The van der Waals surface area contributed by atoms with Gasteiger partial charge >= 0.3 is 0 Å². The van der Waals surface area contributed by atoms with E-state index in [2.05, 4.69) is 42.1 Å². The van der Waals surface area contributed by atoms with Crippen molar-refractivity contribution < 1.29 is 4.42 Å². The Bertz CT molecular complexity index is 504. The molecule has 2 rings (SSSR count). The lowest BCUT2D eigenvalue weighted by Crippen LogP contribution is -2.22. The minimum Gasteiger partial charge on any atom is -0.466 e. The monoisotopic (exact) mass is 244 g/mol. The van der Waals surface area contributed by atoms with Gasteiger partial charge in [0.1, 0.15) is 11.5 Å². The number of aryl methyl sites for hydroxylation is 2. The molecule has 0 spiro atoms. The van der Waals surface area contributed by atoms with Crippen molar-refractivity contribution in [3.63, 3.8) is 0 Å². The van der Waals surface area contributed by atoms with Gasteiger partial charge in [0.15, 0.2) is 0 Å². The average molecular weight is 244 g/mol. The summed E-state index contributed by atoms with van der Waals surface area (Å²) in [5, 5.41) is 0. The van der Waals surface area contributed by atoms with Crippen molar-refractivity contribution in [2.24, 2.45) is 0 Å². The largest absolute Gasteiger partial charge is 0.466 e. The molecule has 0 aliphatic rings. The topological polar surface area (TPSA) is 29.3 Å². The first-order chi connectivity index (χ1) is 8.58. The third-order valence-corrected chi connectivity index (χ3v) is 3.41. The second-order valence-corrected chi connectivity index (χ2v) is 4.81. The molecule has 1 atom stereocenters. The SMILES string of the molecule is Cc1cc(CN(C)[C@H](C)c2ccncc2)c(C)o1. The molecule has 0 bridgehead atoms. The Labute approximate surface area is 108 Å². The van der Waals surface area contributed by atoms with Crippen LogP contribution in [-0.4, -0.2) is 16.9 Å². The summed E-state index contributed by atoms with van der Waals surface area (Å²) in [5.74, 6) is 1.99. The minimum absolute atomic E-state index is 0.364. The van der Waals surface area contributed by atoms with Crippen molar-refractivity contribution in [3.05, 3.63) is 53.2 Å². The molecule has 0 unspecified atom stereocenters. The molecule has 0 saturated carbocycles. The van der Waals surface area contributed by atoms with Crippen LogP contribution in [0, 0.1) is 13.8 Å². The summed E-state index contributed by atoms with van der Waals surface area (Å²) < 4.78 is 5.56. The van der Waals surface area contributed by atoms with Crippen molar-refractivity contribution in [1.29, 1.82) is 0 Å².